The number of hydrogen-bond donors (Lipinski definition) is 2. The van der Waals surface area contributed by atoms with E-state index in [2.05, 4.69) is 15.3 Å². The van der Waals surface area contributed by atoms with Gasteiger partial charge in [-0.15, -0.1) is 0 Å². The molecule has 1 aliphatic rings. The second-order valence-corrected chi connectivity index (χ2v) is 6.19. The summed E-state index contributed by atoms with van der Waals surface area (Å²) < 4.78 is 5.58. The highest BCUT2D eigenvalue weighted by atomic mass is 16.5. The van der Waals surface area contributed by atoms with Gasteiger partial charge in [0.15, 0.2) is 0 Å². The highest BCUT2D eigenvalue weighted by molar-refractivity contribution is 5.95. The molecule has 0 atom stereocenters. The van der Waals surface area contributed by atoms with E-state index < -0.39 is 11.5 Å². The first-order valence-corrected chi connectivity index (χ1v) is 8.15. The average Bonchev–Trinajstić information content (AvgIpc) is 3.03. The SMILES string of the molecule is O=C(O)CC1(NC(=O)c2cccc(Oc3cnccn3)c2)CCCC1. The maximum atomic E-state index is 12.6. The smallest absolute Gasteiger partial charge is 0.305 e. The molecule has 1 aromatic heterocycles. The number of carbonyl (C=O) groups excluding carboxylic acids is 1. The number of benzene rings is 1. The molecule has 0 unspecified atom stereocenters. The minimum absolute atomic E-state index is 0.0610. The lowest BCUT2D eigenvalue weighted by Gasteiger charge is -2.28. The van der Waals surface area contributed by atoms with E-state index >= 15 is 0 Å². The standard InChI is InChI=1S/C18H19N3O4/c22-16(23)11-18(6-1-2-7-18)21-17(24)13-4-3-5-14(10-13)25-15-12-19-8-9-20-15/h3-5,8-10,12H,1-2,6-7,11H2,(H,21,24)(H,22,23). The van der Waals surface area contributed by atoms with Crippen molar-refractivity contribution in [1.82, 2.24) is 15.3 Å². The van der Waals surface area contributed by atoms with Crippen LogP contribution in [0.2, 0.25) is 0 Å². The Balaban J connectivity index is 1.73. The summed E-state index contributed by atoms with van der Waals surface area (Å²) in [5, 5.41) is 12.1. The van der Waals surface area contributed by atoms with Crippen molar-refractivity contribution in [2.45, 2.75) is 37.6 Å². The number of carboxylic acid groups (broad SMARTS) is 1. The zero-order valence-corrected chi connectivity index (χ0v) is 13.6. The van der Waals surface area contributed by atoms with Gasteiger partial charge in [-0.2, -0.15) is 0 Å². The summed E-state index contributed by atoms with van der Waals surface area (Å²) in [5.74, 6) is -0.403. The monoisotopic (exact) mass is 341 g/mol. The second-order valence-electron chi connectivity index (χ2n) is 6.19. The molecular weight excluding hydrogens is 322 g/mol. The van der Waals surface area contributed by atoms with Gasteiger partial charge < -0.3 is 15.2 Å². The lowest BCUT2D eigenvalue weighted by Crippen LogP contribution is -2.47. The van der Waals surface area contributed by atoms with Crippen molar-refractivity contribution in [3.8, 4) is 11.6 Å². The van der Waals surface area contributed by atoms with Gasteiger partial charge in [-0.25, -0.2) is 4.98 Å². The van der Waals surface area contributed by atoms with E-state index in [4.69, 9.17) is 9.84 Å². The van der Waals surface area contributed by atoms with Gasteiger partial charge in [0.25, 0.3) is 5.91 Å². The molecule has 1 saturated carbocycles. The molecule has 2 aromatic rings. The van der Waals surface area contributed by atoms with Crippen molar-refractivity contribution < 1.29 is 19.4 Å². The van der Waals surface area contributed by atoms with Gasteiger partial charge in [0.1, 0.15) is 5.75 Å². The Morgan fingerprint density at radius 2 is 2.04 bits per heavy atom. The van der Waals surface area contributed by atoms with Crippen molar-refractivity contribution in [2.24, 2.45) is 0 Å². The topological polar surface area (TPSA) is 101 Å². The zero-order chi connectivity index (χ0) is 17.7. The highest BCUT2D eigenvalue weighted by Crippen LogP contribution is 2.33. The maximum absolute atomic E-state index is 12.6. The summed E-state index contributed by atoms with van der Waals surface area (Å²) in [5.41, 5.74) is -0.247. The first kappa shape index (κ1) is 16.9. The summed E-state index contributed by atoms with van der Waals surface area (Å²) in [4.78, 5) is 31.7. The number of hydrogen-bond acceptors (Lipinski definition) is 5. The van der Waals surface area contributed by atoms with E-state index in [1.54, 1.807) is 30.5 Å². The number of rotatable bonds is 6. The van der Waals surface area contributed by atoms with Gasteiger partial charge in [0.05, 0.1) is 18.2 Å². The Labute approximate surface area is 145 Å². The molecule has 7 heteroatoms. The molecule has 7 nitrogen and oxygen atoms in total. The van der Waals surface area contributed by atoms with Crippen LogP contribution in [0, 0.1) is 0 Å². The van der Waals surface area contributed by atoms with Crippen LogP contribution in [-0.2, 0) is 4.79 Å². The van der Waals surface area contributed by atoms with Crippen LogP contribution in [0.4, 0.5) is 0 Å². The molecule has 1 heterocycles. The van der Waals surface area contributed by atoms with Crippen LogP contribution in [0.5, 0.6) is 11.6 Å². The Hall–Kier alpha value is -2.96. The molecule has 0 aliphatic heterocycles. The van der Waals surface area contributed by atoms with Crippen LogP contribution in [-0.4, -0.2) is 32.5 Å². The van der Waals surface area contributed by atoms with E-state index in [-0.39, 0.29) is 12.3 Å². The lowest BCUT2D eigenvalue weighted by atomic mass is 9.92. The summed E-state index contributed by atoms with van der Waals surface area (Å²) >= 11 is 0. The Morgan fingerprint density at radius 1 is 1.24 bits per heavy atom. The summed E-state index contributed by atoms with van der Waals surface area (Å²) in [7, 11) is 0. The maximum Gasteiger partial charge on any atom is 0.305 e. The molecule has 1 amide bonds. The van der Waals surface area contributed by atoms with Crippen LogP contribution in [0.3, 0.4) is 0 Å². The molecule has 0 spiro atoms. The third-order valence-electron chi connectivity index (χ3n) is 4.29. The Bertz CT molecular complexity index is 758. The van der Waals surface area contributed by atoms with E-state index in [1.165, 1.54) is 12.4 Å². The minimum Gasteiger partial charge on any atom is -0.481 e. The number of ether oxygens (including phenoxy) is 1. The number of amides is 1. The van der Waals surface area contributed by atoms with Gasteiger partial charge >= 0.3 is 5.97 Å². The molecule has 0 bridgehead atoms. The van der Waals surface area contributed by atoms with Gasteiger partial charge in [-0.05, 0) is 31.0 Å². The van der Waals surface area contributed by atoms with Gasteiger partial charge in [-0.3, -0.25) is 14.6 Å². The molecule has 0 radical (unpaired) electrons. The Morgan fingerprint density at radius 3 is 2.72 bits per heavy atom. The minimum atomic E-state index is -0.901. The fourth-order valence-corrected chi connectivity index (χ4v) is 3.16. The third-order valence-corrected chi connectivity index (χ3v) is 4.29. The van der Waals surface area contributed by atoms with E-state index in [0.29, 0.717) is 30.0 Å². The van der Waals surface area contributed by atoms with Crippen molar-refractivity contribution in [3.63, 3.8) is 0 Å². The summed E-state index contributed by atoms with van der Waals surface area (Å²) in [6.45, 7) is 0. The van der Waals surface area contributed by atoms with Crippen LogP contribution >= 0.6 is 0 Å². The summed E-state index contributed by atoms with van der Waals surface area (Å²) in [6.07, 6.45) is 7.68. The quantitative estimate of drug-likeness (QED) is 0.838. The first-order chi connectivity index (χ1) is 12.1. The molecule has 1 aliphatic carbocycles. The van der Waals surface area contributed by atoms with Gasteiger partial charge in [-0.1, -0.05) is 18.9 Å². The number of nitrogens with one attached hydrogen (secondary N) is 1. The first-order valence-electron chi connectivity index (χ1n) is 8.15. The molecule has 1 fully saturated rings. The van der Waals surface area contributed by atoms with E-state index in [0.717, 1.165) is 12.8 Å². The molecule has 25 heavy (non-hydrogen) atoms. The van der Waals surface area contributed by atoms with Crippen LogP contribution in [0.25, 0.3) is 0 Å². The molecular formula is C18H19N3O4. The second kappa shape index (κ2) is 7.29. The van der Waals surface area contributed by atoms with Gasteiger partial charge in [0, 0.05) is 18.0 Å². The van der Waals surface area contributed by atoms with Gasteiger partial charge in [0.2, 0.25) is 5.88 Å². The average molecular weight is 341 g/mol. The fourth-order valence-electron chi connectivity index (χ4n) is 3.16. The van der Waals surface area contributed by atoms with Crippen LogP contribution in [0.15, 0.2) is 42.9 Å². The van der Waals surface area contributed by atoms with Crippen LogP contribution in [0.1, 0.15) is 42.5 Å². The number of nitrogens with zero attached hydrogens (tertiary/aromatic N) is 2. The van der Waals surface area contributed by atoms with Crippen molar-refractivity contribution in [2.75, 3.05) is 0 Å². The van der Waals surface area contributed by atoms with Crippen molar-refractivity contribution in [3.05, 3.63) is 48.4 Å². The zero-order valence-electron chi connectivity index (χ0n) is 13.6. The van der Waals surface area contributed by atoms with E-state index in [9.17, 15) is 9.59 Å². The molecule has 130 valence electrons. The Kier molecular flexibility index (Phi) is 4.92. The molecule has 1 aromatic carbocycles. The summed E-state index contributed by atoms with van der Waals surface area (Å²) in [6, 6.07) is 6.70. The van der Waals surface area contributed by atoms with E-state index in [1.807, 2.05) is 0 Å². The van der Waals surface area contributed by atoms with Crippen LogP contribution < -0.4 is 10.1 Å². The molecule has 0 saturated heterocycles. The predicted molar refractivity (Wildman–Crippen MR) is 89.5 cm³/mol. The number of carbonyl (C=O) groups is 2. The molecule has 2 N–H and O–H groups in total. The fraction of sp³-hybridized carbons (Fsp3) is 0.333. The normalized spacial score (nSPS) is 15.5. The molecule has 3 rings (SSSR count). The van der Waals surface area contributed by atoms with Crippen molar-refractivity contribution >= 4 is 11.9 Å². The third kappa shape index (κ3) is 4.32. The number of aromatic nitrogens is 2. The number of aliphatic carboxylic acids is 1. The van der Waals surface area contributed by atoms with Crippen molar-refractivity contribution in [1.29, 1.82) is 0 Å². The lowest BCUT2D eigenvalue weighted by molar-refractivity contribution is -0.138. The predicted octanol–water partition coefficient (Wildman–Crippen LogP) is 2.79. The largest absolute Gasteiger partial charge is 0.481 e. The number of carboxylic acids is 1. The highest BCUT2D eigenvalue weighted by Gasteiger charge is 2.37.